The Morgan fingerprint density at radius 1 is 0.787 bits per heavy atom. The molecule has 0 radical (unpaired) electrons. The molecule has 9 nitrogen and oxygen atoms in total. The van der Waals surface area contributed by atoms with E-state index in [4.69, 9.17) is 30.5 Å². The Balaban J connectivity index is 1.40. The molecule has 3 aromatic rings. The van der Waals surface area contributed by atoms with E-state index in [-0.39, 0.29) is 17.2 Å². The van der Waals surface area contributed by atoms with Gasteiger partial charge in [0.25, 0.3) is 0 Å². The largest absolute Gasteiger partial charge is 0.494 e. The molecule has 0 fully saturated rings. The number of esters is 3. The fraction of sp³-hybridized carbons (Fsp3) is 0.378. The summed E-state index contributed by atoms with van der Waals surface area (Å²) in [5.74, 6) is -2.82. The number of hydrogen-bond donors (Lipinski definition) is 1. The van der Waals surface area contributed by atoms with Gasteiger partial charge in [-0.05, 0) is 67.9 Å². The van der Waals surface area contributed by atoms with Gasteiger partial charge in [-0.2, -0.15) is 0 Å². The molecule has 2 aliphatic rings. The molecule has 0 saturated carbocycles. The highest BCUT2D eigenvalue weighted by molar-refractivity contribution is 6.53. The van der Waals surface area contributed by atoms with Crippen molar-refractivity contribution in [1.29, 1.82) is 0 Å². The van der Waals surface area contributed by atoms with Crippen LogP contribution < -0.4 is 18.9 Å². The SMILES string of the molecule is CCN(CC)CCCCCCCOc1ccc(/C(=C(\Cl)c2ccccc2)c2ccc3c4c2OC(=O)CC(O)(CC(=O)O3)C(=O)O4)cc1. The van der Waals surface area contributed by atoms with Gasteiger partial charge in [-0.1, -0.05) is 87.2 Å². The van der Waals surface area contributed by atoms with Crippen LogP contribution >= 0.6 is 11.6 Å². The number of halogens is 1. The lowest BCUT2D eigenvalue weighted by molar-refractivity contribution is -0.170. The monoisotopic (exact) mass is 661 g/mol. The first-order valence-electron chi connectivity index (χ1n) is 16.2. The maximum absolute atomic E-state index is 13.0. The number of carbonyl (C=O) groups excluding carboxylic acids is 3. The summed E-state index contributed by atoms with van der Waals surface area (Å²) in [7, 11) is 0. The molecule has 2 aliphatic heterocycles. The Morgan fingerprint density at radius 3 is 2.15 bits per heavy atom. The van der Waals surface area contributed by atoms with Crippen LogP contribution in [0.15, 0.2) is 66.7 Å². The molecule has 5 rings (SSSR count). The van der Waals surface area contributed by atoms with Crippen LogP contribution in [0.1, 0.15) is 75.5 Å². The Hall–Kier alpha value is -4.18. The number of rotatable bonds is 14. The quantitative estimate of drug-likeness (QED) is 0.0866. The fourth-order valence-electron chi connectivity index (χ4n) is 5.75. The molecule has 0 aromatic heterocycles. The summed E-state index contributed by atoms with van der Waals surface area (Å²) in [6.45, 7) is 8.34. The molecular weight excluding hydrogens is 622 g/mol. The maximum atomic E-state index is 13.0. The van der Waals surface area contributed by atoms with Crippen LogP contribution in [0.4, 0.5) is 0 Å². The van der Waals surface area contributed by atoms with E-state index in [1.165, 1.54) is 25.3 Å². The van der Waals surface area contributed by atoms with Crippen LogP contribution in [0.2, 0.25) is 0 Å². The average molecular weight is 662 g/mol. The number of benzene rings is 3. The van der Waals surface area contributed by atoms with Crippen molar-refractivity contribution >= 4 is 40.1 Å². The van der Waals surface area contributed by atoms with Crippen molar-refractivity contribution in [2.75, 3.05) is 26.2 Å². The zero-order chi connectivity index (χ0) is 33.4. The minimum atomic E-state index is -2.42. The van der Waals surface area contributed by atoms with Crippen LogP contribution in [-0.4, -0.2) is 59.8 Å². The Morgan fingerprint density at radius 2 is 1.45 bits per heavy atom. The number of nitrogens with zero attached hydrogens (tertiary/aromatic N) is 1. The summed E-state index contributed by atoms with van der Waals surface area (Å²) < 4.78 is 22.7. The molecule has 1 N–H and O–H groups in total. The standard InChI is InChI=1S/C37H40ClNO8/c1-3-39(4-2)21-11-6-5-7-12-22-44-27-17-15-25(16-18-27)32(33(38)26-13-9-8-10-14-26)28-19-20-29-35-34(28)46-31(41)24-37(43,36(42)47-35)23-30(40)45-29/h8-10,13-20,43H,3-7,11-12,21-24H2,1-2H3/b33-32+. The third kappa shape index (κ3) is 8.22. The number of ether oxygens (including phenoxy) is 4. The van der Waals surface area contributed by atoms with Gasteiger partial charge < -0.3 is 29.0 Å². The minimum Gasteiger partial charge on any atom is -0.494 e. The second kappa shape index (κ2) is 15.6. The molecular formula is C37H40ClNO8. The van der Waals surface area contributed by atoms with Crippen LogP contribution in [0.5, 0.6) is 23.0 Å². The van der Waals surface area contributed by atoms with Gasteiger partial charge in [0.1, 0.15) is 5.75 Å². The van der Waals surface area contributed by atoms with Crippen LogP contribution in [0, 0.1) is 0 Å². The molecule has 0 spiro atoms. The predicted octanol–water partition coefficient (Wildman–Crippen LogP) is 6.77. The summed E-state index contributed by atoms with van der Waals surface area (Å²) in [6, 6.07) is 19.7. The predicted molar refractivity (Wildman–Crippen MR) is 179 cm³/mol. The highest BCUT2D eigenvalue weighted by Gasteiger charge is 2.48. The van der Waals surface area contributed by atoms with Crippen molar-refractivity contribution in [1.82, 2.24) is 4.90 Å². The lowest BCUT2D eigenvalue weighted by Gasteiger charge is -2.30. The summed E-state index contributed by atoms with van der Waals surface area (Å²) >= 11 is 7.08. The van der Waals surface area contributed by atoms with Gasteiger partial charge in [0, 0.05) is 11.1 Å². The molecule has 0 aliphatic carbocycles. The average Bonchev–Trinajstić information content (AvgIpc) is 3.06. The molecule has 0 amide bonds. The van der Waals surface area contributed by atoms with Gasteiger partial charge in [0.15, 0.2) is 17.1 Å². The molecule has 0 saturated heterocycles. The summed E-state index contributed by atoms with van der Waals surface area (Å²) in [5, 5.41) is 11.1. The molecule has 2 bridgehead atoms. The number of unbranched alkanes of at least 4 members (excludes halogenated alkanes) is 4. The van der Waals surface area contributed by atoms with Gasteiger partial charge in [-0.3, -0.25) is 9.59 Å². The second-order valence-corrected chi connectivity index (χ2v) is 12.1. The summed E-state index contributed by atoms with van der Waals surface area (Å²) in [6.07, 6.45) is 4.12. The van der Waals surface area contributed by atoms with E-state index in [2.05, 4.69) is 18.7 Å². The van der Waals surface area contributed by atoms with Crippen LogP contribution in [0.25, 0.3) is 10.6 Å². The van der Waals surface area contributed by atoms with Crippen molar-refractivity contribution in [2.45, 2.75) is 64.4 Å². The first-order valence-corrected chi connectivity index (χ1v) is 16.5. The van der Waals surface area contributed by atoms with E-state index >= 15 is 0 Å². The van der Waals surface area contributed by atoms with E-state index in [1.807, 2.05) is 54.6 Å². The summed E-state index contributed by atoms with van der Waals surface area (Å²) in [4.78, 5) is 41.0. The maximum Gasteiger partial charge on any atom is 0.345 e. The first-order chi connectivity index (χ1) is 22.7. The van der Waals surface area contributed by atoms with Gasteiger partial charge in [0.2, 0.25) is 5.75 Å². The molecule has 3 aromatic carbocycles. The minimum absolute atomic E-state index is 0.123. The zero-order valence-corrected chi connectivity index (χ0v) is 27.5. The molecule has 10 heteroatoms. The van der Waals surface area contributed by atoms with E-state index in [0.717, 1.165) is 32.5 Å². The van der Waals surface area contributed by atoms with Crippen molar-refractivity contribution < 1.29 is 38.4 Å². The van der Waals surface area contributed by atoms with Crippen LogP contribution in [0.3, 0.4) is 0 Å². The molecule has 1 atom stereocenters. The third-order valence-corrected chi connectivity index (χ3v) is 8.81. The Labute approximate surface area is 280 Å². The van der Waals surface area contributed by atoms with Crippen molar-refractivity contribution in [3.05, 3.63) is 83.4 Å². The van der Waals surface area contributed by atoms with E-state index < -0.39 is 36.4 Å². The third-order valence-electron chi connectivity index (χ3n) is 8.40. The second-order valence-electron chi connectivity index (χ2n) is 11.7. The van der Waals surface area contributed by atoms with Crippen molar-refractivity contribution in [3.63, 3.8) is 0 Å². The zero-order valence-electron chi connectivity index (χ0n) is 26.8. The molecule has 47 heavy (non-hydrogen) atoms. The molecule has 1 unspecified atom stereocenters. The number of fused-ring (bicyclic) bond motifs is 2. The van der Waals surface area contributed by atoms with Crippen LogP contribution in [-0.2, 0) is 14.4 Å². The highest BCUT2D eigenvalue weighted by Crippen LogP contribution is 2.49. The Kier molecular flexibility index (Phi) is 11.3. The number of hydrogen-bond acceptors (Lipinski definition) is 9. The van der Waals surface area contributed by atoms with Crippen molar-refractivity contribution in [3.8, 4) is 23.0 Å². The first kappa shape index (κ1) is 34.2. The van der Waals surface area contributed by atoms with Crippen molar-refractivity contribution in [2.24, 2.45) is 0 Å². The fourth-order valence-corrected chi connectivity index (χ4v) is 6.08. The Bertz CT molecular complexity index is 1620. The van der Waals surface area contributed by atoms with Gasteiger partial charge in [-0.25, -0.2) is 4.79 Å². The van der Waals surface area contributed by atoms with E-state index in [0.29, 0.717) is 39.7 Å². The van der Waals surface area contributed by atoms with E-state index in [1.54, 1.807) is 6.07 Å². The molecule has 248 valence electrons. The molecule has 2 heterocycles. The lowest BCUT2D eigenvalue weighted by atomic mass is 9.92. The van der Waals surface area contributed by atoms with Gasteiger partial charge >= 0.3 is 17.9 Å². The normalized spacial score (nSPS) is 17.9. The smallest absolute Gasteiger partial charge is 0.345 e. The van der Waals surface area contributed by atoms with Gasteiger partial charge in [-0.15, -0.1) is 0 Å². The highest BCUT2D eigenvalue weighted by atomic mass is 35.5. The lowest BCUT2D eigenvalue weighted by Crippen LogP contribution is -2.48. The van der Waals surface area contributed by atoms with Gasteiger partial charge in [0.05, 0.1) is 24.5 Å². The summed E-state index contributed by atoms with van der Waals surface area (Å²) in [5.41, 5.74) is -0.272. The number of carbonyl (C=O) groups is 3. The number of aliphatic hydroxyl groups is 1. The topological polar surface area (TPSA) is 112 Å². The van der Waals surface area contributed by atoms with E-state index in [9.17, 15) is 19.5 Å².